The van der Waals surface area contributed by atoms with Crippen molar-refractivity contribution in [3.8, 4) is 0 Å². The minimum absolute atomic E-state index is 0.0185. The zero-order chi connectivity index (χ0) is 11.9. The number of carbonyl (C=O) groups excluding carboxylic acids is 2. The highest BCUT2D eigenvalue weighted by molar-refractivity contribution is 5.78. The zero-order valence-electron chi connectivity index (χ0n) is 9.54. The minimum Gasteiger partial charge on any atom is -0.460 e. The molecule has 0 saturated heterocycles. The average molecular weight is 214 g/mol. The van der Waals surface area contributed by atoms with E-state index in [1.165, 1.54) is 0 Å². The number of ether oxygens (including phenoxy) is 2. The first-order valence-corrected chi connectivity index (χ1v) is 4.93. The number of rotatable bonds is 6. The molecule has 0 radical (unpaired) electrons. The van der Waals surface area contributed by atoms with Crippen molar-refractivity contribution in [2.45, 2.75) is 45.6 Å². The predicted molar refractivity (Wildman–Crippen MR) is 56.0 cm³/mol. The fraction of sp³-hybridized carbons (Fsp3) is 0.636. The van der Waals surface area contributed by atoms with Crippen LogP contribution >= 0.6 is 0 Å². The summed E-state index contributed by atoms with van der Waals surface area (Å²) >= 11 is 0. The van der Waals surface area contributed by atoms with Crippen LogP contribution in [0.1, 0.15) is 40.0 Å². The second kappa shape index (κ2) is 6.22. The van der Waals surface area contributed by atoms with E-state index >= 15 is 0 Å². The minimum atomic E-state index is -0.476. The Balaban J connectivity index is 3.85. The third-order valence-electron chi connectivity index (χ3n) is 1.99. The van der Waals surface area contributed by atoms with Gasteiger partial charge in [-0.05, 0) is 20.3 Å². The normalized spacial score (nSPS) is 10.6. The molecule has 0 aliphatic carbocycles. The monoisotopic (exact) mass is 214 g/mol. The SMILES string of the molecule is C=COC(=O)CCC(=O)OC(C)(C)CC. The van der Waals surface area contributed by atoms with Gasteiger partial charge in [0.15, 0.2) is 0 Å². The van der Waals surface area contributed by atoms with Crippen LogP contribution in [0.5, 0.6) is 0 Å². The second-order valence-electron chi connectivity index (χ2n) is 3.74. The van der Waals surface area contributed by atoms with E-state index in [4.69, 9.17) is 4.74 Å². The van der Waals surface area contributed by atoms with Crippen molar-refractivity contribution in [3.63, 3.8) is 0 Å². The van der Waals surface area contributed by atoms with Gasteiger partial charge in [-0.1, -0.05) is 13.5 Å². The van der Waals surface area contributed by atoms with E-state index in [1.807, 2.05) is 20.8 Å². The van der Waals surface area contributed by atoms with Gasteiger partial charge in [0.1, 0.15) is 5.60 Å². The van der Waals surface area contributed by atoms with Crippen molar-refractivity contribution < 1.29 is 19.1 Å². The summed E-state index contributed by atoms with van der Waals surface area (Å²) in [4.78, 5) is 22.2. The molecule has 0 aliphatic heterocycles. The van der Waals surface area contributed by atoms with Crippen LogP contribution in [0.2, 0.25) is 0 Å². The molecule has 4 heteroatoms. The summed E-state index contributed by atoms with van der Waals surface area (Å²) in [6.07, 6.45) is 1.83. The van der Waals surface area contributed by atoms with Crippen LogP contribution < -0.4 is 0 Å². The van der Waals surface area contributed by atoms with Crippen LogP contribution in [0.4, 0.5) is 0 Å². The summed E-state index contributed by atoms with van der Waals surface area (Å²) in [6.45, 7) is 8.82. The summed E-state index contributed by atoms with van der Waals surface area (Å²) in [5.41, 5.74) is -0.473. The largest absolute Gasteiger partial charge is 0.460 e. The molecule has 0 saturated carbocycles. The lowest BCUT2D eigenvalue weighted by molar-refractivity contribution is -0.158. The molecule has 86 valence electrons. The summed E-state index contributed by atoms with van der Waals surface area (Å²) in [5, 5.41) is 0. The van der Waals surface area contributed by atoms with Crippen LogP contribution in [0.15, 0.2) is 12.8 Å². The molecule has 0 heterocycles. The molecule has 0 fully saturated rings. The maximum Gasteiger partial charge on any atom is 0.311 e. The molecule has 0 N–H and O–H groups in total. The lowest BCUT2D eigenvalue weighted by Crippen LogP contribution is -2.27. The molecule has 0 atom stereocenters. The zero-order valence-corrected chi connectivity index (χ0v) is 9.54. The molecule has 0 aliphatic rings. The molecule has 0 bridgehead atoms. The molecule has 0 aromatic carbocycles. The highest BCUT2D eigenvalue weighted by Crippen LogP contribution is 2.14. The number of esters is 2. The fourth-order valence-electron chi connectivity index (χ4n) is 0.787. The van der Waals surface area contributed by atoms with Crippen LogP contribution in [0.3, 0.4) is 0 Å². The van der Waals surface area contributed by atoms with Crippen molar-refractivity contribution in [2.75, 3.05) is 0 Å². The first-order chi connectivity index (χ1) is 6.91. The Bertz CT molecular complexity index is 243. The van der Waals surface area contributed by atoms with Gasteiger partial charge in [-0.2, -0.15) is 0 Å². The maximum absolute atomic E-state index is 11.3. The van der Waals surface area contributed by atoms with Gasteiger partial charge in [-0.15, -0.1) is 0 Å². The van der Waals surface area contributed by atoms with Crippen molar-refractivity contribution in [1.29, 1.82) is 0 Å². The molecule has 15 heavy (non-hydrogen) atoms. The summed E-state index contributed by atoms with van der Waals surface area (Å²) in [5.74, 6) is -0.862. The average Bonchev–Trinajstić information content (AvgIpc) is 2.15. The van der Waals surface area contributed by atoms with Gasteiger partial charge in [0.05, 0.1) is 19.1 Å². The van der Waals surface area contributed by atoms with Crippen LogP contribution in [0.25, 0.3) is 0 Å². The van der Waals surface area contributed by atoms with E-state index in [0.717, 1.165) is 12.7 Å². The maximum atomic E-state index is 11.3. The number of hydrogen-bond donors (Lipinski definition) is 0. The van der Waals surface area contributed by atoms with E-state index in [1.54, 1.807) is 0 Å². The van der Waals surface area contributed by atoms with E-state index in [2.05, 4.69) is 11.3 Å². The number of hydrogen-bond acceptors (Lipinski definition) is 4. The second-order valence-corrected chi connectivity index (χ2v) is 3.74. The lowest BCUT2D eigenvalue weighted by atomic mass is 10.1. The van der Waals surface area contributed by atoms with E-state index in [9.17, 15) is 9.59 Å². The third-order valence-corrected chi connectivity index (χ3v) is 1.99. The van der Waals surface area contributed by atoms with Gasteiger partial charge in [0.2, 0.25) is 0 Å². The lowest BCUT2D eigenvalue weighted by Gasteiger charge is -2.23. The molecule has 0 aromatic rings. The molecule has 0 amide bonds. The molecule has 4 nitrogen and oxygen atoms in total. The Morgan fingerprint density at radius 1 is 1.27 bits per heavy atom. The number of carbonyl (C=O) groups is 2. The Kier molecular flexibility index (Phi) is 5.67. The van der Waals surface area contributed by atoms with Crippen molar-refractivity contribution in [2.24, 2.45) is 0 Å². The molecule has 0 spiro atoms. The van der Waals surface area contributed by atoms with Gasteiger partial charge >= 0.3 is 11.9 Å². The van der Waals surface area contributed by atoms with Crippen LogP contribution in [0, 0.1) is 0 Å². The molecular weight excluding hydrogens is 196 g/mol. The summed E-state index contributed by atoms with van der Waals surface area (Å²) in [7, 11) is 0. The highest BCUT2D eigenvalue weighted by Gasteiger charge is 2.20. The first-order valence-electron chi connectivity index (χ1n) is 4.93. The van der Waals surface area contributed by atoms with E-state index < -0.39 is 11.6 Å². The van der Waals surface area contributed by atoms with Crippen molar-refractivity contribution in [3.05, 3.63) is 12.8 Å². The third kappa shape index (κ3) is 6.71. The van der Waals surface area contributed by atoms with Crippen LogP contribution in [-0.2, 0) is 19.1 Å². The van der Waals surface area contributed by atoms with Gasteiger partial charge in [0.25, 0.3) is 0 Å². The summed E-state index contributed by atoms with van der Waals surface area (Å²) in [6, 6.07) is 0. The smallest absolute Gasteiger partial charge is 0.311 e. The van der Waals surface area contributed by atoms with Crippen molar-refractivity contribution in [1.82, 2.24) is 0 Å². The summed E-state index contributed by atoms with van der Waals surface area (Å²) < 4.78 is 9.61. The van der Waals surface area contributed by atoms with Gasteiger partial charge in [-0.25, -0.2) is 0 Å². The fourth-order valence-corrected chi connectivity index (χ4v) is 0.787. The van der Waals surface area contributed by atoms with E-state index in [0.29, 0.717) is 0 Å². The van der Waals surface area contributed by atoms with E-state index in [-0.39, 0.29) is 18.8 Å². The quantitative estimate of drug-likeness (QED) is 0.502. The topological polar surface area (TPSA) is 52.6 Å². The van der Waals surface area contributed by atoms with Crippen molar-refractivity contribution >= 4 is 11.9 Å². The Morgan fingerprint density at radius 3 is 2.27 bits per heavy atom. The first kappa shape index (κ1) is 13.7. The Labute approximate surface area is 90.2 Å². The molecule has 0 aromatic heterocycles. The molecule has 0 unspecified atom stereocenters. The molecule has 0 rings (SSSR count). The highest BCUT2D eigenvalue weighted by atomic mass is 16.6. The Morgan fingerprint density at radius 2 is 1.80 bits per heavy atom. The molecular formula is C11H18O4. The van der Waals surface area contributed by atoms with Gasteiger partial charge in [0, 0.05) is 0 Å². The predicted octanol–water partition coefficient (Wildman–Crippen LogP) is 2.19. The van der Waals surface area contributed by atoms with Gasteiger partial charge < -0.3 is 9.47 Å². The van der Waals surface area contributed by atoms with Gasteiger partial charge in [-0.3, -0.25) is 9.59 Å². The Hall–Kier alpha value is -1.32. The standard InChI is InChI=1S/C11H18O4/c1-5-11(3,4)15-10(13)8-7-9(12)14-6-2/h6H,2,5,7-8H2,1,3-4H3. The van der Waals surface area contributed by atoms with Crippen LogP contribution in [-0.4, -0.2) is 17.5 Å².